The molecule has 1 saturated heterocycles. The molecular formula is C23H19N3O3. The number of β-amino-alcohol motifs (C(OH)–C–C–N with tert-alkyl or cyclic N) is 1. The van der Waals surface area contributed by atoms with E-state index >= 15 is 0 Å². The zero-order valence-corrected chi connectivity index (χ0v) is 15.7. The Morgan fingerprint density at radius 2 is 1.93 bits per heavy atom. The smallest absolute Gasteiger partial charge is 0.357 e. The van der Waals surface area contributed by atoms with Gasteiger partial charge in [0.25, 0.3) is 0 Å². The summed E-state index contributed by atoms with van der Waals surface area (Å²) in [7, 11) is 0. The fourth-order valence-electron chi connectivity index (χ4n) is 2.98. The van der Waals surface area contributed by atoms with Crippen LogP contribution in [0.2, 0.25) is 0 Å². The maximum atomic E-state index is 12.4. The van der Waals surface area contributed by atoms with Crippen molar-refractivity contribution in [3.05, 3.63) is 83.8 Å². The van der Waals surface area contributed by atoms with E-state index in [1.54, 1.807) is 30.7 Å². The highest BCUT2D eigenvalue weighted by Crippen LogP contribution is 2.20. The van der Waals surface area contributed by atoms with E-state index in [0.717, 1.165) is 16.7 Å². The predicted molar refractivity (Wildman–Crippen MR) is 108 cm³/mol. The maximum absolute atomic E-state index is 12.4. The number of rotatable bonds is 3. The number of nitrogens with zero attached hydrogens (tertiary/aromatic N) is 3. The Morgan fingerprint density at radius 1 is 1.10 bits per heavy atom. The minimum Gasteiger partial charge on any atom is -0.392 e. The van der Waals surface area contributed by atoms with Gasteiger partial charge in [-0.2, -0.15) is 0 Å². The summed E-state index contributed by atoms with van der Waals surface area (Å²) in [6.07, 6.45) is 5.17. The van der Waals surface area contributed by atoms with Crippen LogP contribution in [-0.4, -0.2) is 45.3 Å². The molecule has 6 nitrogen and oxygen atoms in total. The van der Waals surface area contributed by atoms with Crippen LogP contribution in [0.15, 0.2) is 67.1 Å². The van der Waals surface area contributed by atoms with Gasteiger partial charge in [-0.15, -0.1) is 5.06 Å². The Labute approximate surface area is 168 Å². The van der Waals surface area contributed by atoms with Crippen molar-refractivity contribution in [2.75, 3.05) is 13.1 Å². The molecule has 0 radical (unpaired) electrons. The maximum Gasteiger partial charge on any atom is 0.357 e. The molecule has 4 rings (SSSR count). The van der Waals surface area contributed by atoms with Crippen LogP contribution >= 0.6 is 0 Å². The Morgan fingerprint density at radius 3 is 2.66 bits per heavy atom. The van der Waals surface area contributed by atoms with E-state index in [9.17, 15) is 9.90 Å². The summed E-state index contributed by atoms with van der Waals surface area (Å²) in [5.41, 5.74) is 3.70. The molecule has 3 heterocycles. The van der Waals surface area contributed by atoms with Crippen LogP contribution in [-0.2, 0) is 4.84 Å². The first-order valence-electron chi connectivity index (χ1n) is 9.31. The zero-order chi connectivity index (χ0) is 20.1. The highest BCUT2D eigenvalue weighted by atomic mass is 16.7. The molecule has 0 spiro atoms. The van der Waals surface area contributed by atoms with Gasteiger partial charge in [-0.1, -0.05) is 24.0 Å². The lowest BCUT2D eigenvalue weighted by molar-refractivity contribution is -0.0981. The molecule has 1 atom stereocenters. The monoisotopic (exact) mass is 385 g/mol. The second-order valence-electron chi connectivity index (χ2n) is 6.71. The normalized spacial score (nSPS) is 16.1. The summed E-state index contributed by atoms with van der Waals surface area (Å²) >= 11 is 0. The summed E-state index contributed by atoms with van der Waals surface area (Å²) in [6, 6.07) is 14.7. The average molecular weight is 385 g/mol. The van der Waals surface area contributed by atoms with E-state index in [-0.39, 0.29) is 0 Å². The van der Waals surface area contributed by atoms with Gasteiger partial charge in [0.1, 0.15) is 0 Å². The van der Waals surface area contributed by atoms with Gasteiger partial charge in [0.15, 0.2) is 0 Å². The van der Waals surface area contributed by atoms with E-state index in [1.165, 1.54) is 5.06 Å². The Balaban J connectivity index is 1.47. The molecule has 1 aliphatic heterocycles. The predicted octanol–water partition coefficient (Wildman–Crippen LogP) is 2.68. The van der Waals surface area contributed by atoms with E-state index in [2.05, 4.69) is 21.8 Å². The van der Waals surface area contributed by atoms with Crippen LogP contribution in [0, 0.1) is 11.8 Å². The van der Waals surface area contributed by atoms with Gasteiger partial charge in [0.05, 0.1) is 23.9 Å². The van der Waals surface area contributed by atoms with E-state index in [0.29, 0.717) is 30.8 Å². The molecule has 1 N–H and O–H groups in total. The molecule has 0 bridgehead atoms. The van der Waals surface area contributed by atoms with Crippen molar-refractivity contribution in [3.8, 4) is 23.1 Å². The highest BCUT2D eigenvalue weighted by Gasteiger charge is 2.24. The molecule has 1 fully saturated rings. The van der Waals surface area contributed by atoms with Gasteiger partial charge in [0, 0.05) is 41.8 Å². The summed E-state index contributed by atoms with van der Waals surface area (Å²) < 4.78 is 0. The average Bonchev–Trinajstić information content (AvgIpc) is 3.18. The lowest BCUT2D eigenvalue weighted by Crippen LogP contribution is -2.26. The molecule has 0 amide bonds. The Kier molecular flexibility index (Phi) is 5.61. The van der Waals surface area contributed by atoms with Gasteiger partial charge in [-0.05, 0) is 42.8 Å². The van der Waals surface area contributed by atoms with Gasteiger partial charge in [-0.3, -0.25) is 9.97 Å². The molecule has 2 aromatic heterocycles. The number of benzene rings is 1. The molecule has 144 valence electrons. The van der Waals surface area contributed by atoms with Crippen LogP contribution in [0.25, 0.3) is 11.3 Å². The van der Waals surface area contributed by atoms with E-state index < -0.39 is 12.1 Å². The molecule has 0 aliphatic carbocycles. The first-order chi connectivity index (χ1) is 14.2. The molecule has 29 heavy (non-hydrogen) atoms. The largest absolute Gasteiger partial charge is 0.392 e. The van der Waals surface area contributed by atoms with Crippen LogP contribution in [0.5, 0.6) is 0 Å². The van der Waals surface area contributed by atoms with Crippen molar-refractivity contribution in [2.45, 2.75) is 12.5 Å². The van der Waals surface area contributed by atoms with Crippen molar-refractivity contribution >= 4 is 5.97 Å². The quantitative estimate of drug-likeness (QED) is 0.699. The first kappa shape index (κ1) is 18.8. The summed E-state index contributed by atoms with van der Waals surface area (Å²) in [6.45, 7) is 0.873. The van der Waals surface area contributed by atoms with Gasteiger partial charge < -0.3 is 9.94 Å². The second kappa shape index (κ2) is 8.65. The highest BCUT2D eigenvalue weighted by molar-refractivity contribution is 5.90. The molecular weight excluding hydrogens is 366 g/mol. The van der Waals surface area contributed by atoms with Crippen molar-refractivity contribution < 1.29 is 14.7 Å². The number of pyridine rings is 2. The molecule has 1 unspecified atom stereocenters. The zero-order valence-electron chi connectivity index (χ0n) is 15.7. The van der Waals surface area contributed by atoms with Gasteiger partial charge in [-0.25, -0.2) is 4.79 Å². The van der Waals surface area contributed by atoms with Crippen molar-refractivity contribution in [1.82, 2.24) is 15.0 Å². The molecule has 1 aliphatic rings. The SMILES string of the molecule is O=C(ON1CCC(O)C1)c1ccnc(-c2ccc(C#Cc3cccnc3)cc2)c1. The van der Waals surface area contributed by atoms with Gasteiger partial charge >= 0.3 is 5.97 Å². The van der Waals surface area contributed by atoms with E-state index in [1.807, 2.05) is 36.4 Å². The minimum absolute atomic E-state index is 0.339. The number of hydroxylamine groups is 2. The molecule has 6 heteroatoms. The molecule has 0 saturated carbocycles. The summed E-state index contributed by atoms with van der Waals surface area (Å²) in [5, 5.41) is 11.0. The number of aromatic nitrogens is 2. The third kappa shape index (κ3) is 4.85. The standard InChI is InChI=1S/C23H19N3O3/c27-21-10-13-26(16-21)29-23(28)20-9-12-25-22(14-20)19-7-5-17(6-8-19)3-4-18-2-1-11-24-15-18/h1-2,5-9,11-12,14-15,21,27H,10,13,16H2. The fourth-order valence-corrected chi connectivity index (χ4v) is 2.98. The fraction of sp³-hybridized carbons (Fsp3) is 0.174. The number of aliphatic hydroxyl groups is 1. The topological polar surface area (TPSA) is 75.5 Å². The van der Waals surface area contributed by atoms with Crippen LogP contribution in [0.3, 0.4) is 0 Å². The van der Waals surface area contributed by atoms with Crippen LogP contribution in [0.1, 0.15) is 27.9 Å². The van der Waals surface area contributed by atoms with Crippen LogP contribution in [0.4, 0.5) is 0 Å². The van der Waals surface area contributed by atoms with E-state index in [4.69, 9.17) is 4.84 Å². The van der Waals surface area contributed by atoms with Crippen molar-refractivity contribution in [3.63, 3.8) is 0 Å². The second-order valence-corrected chi connectivity index (χ2v) is 6.71. The third-order valence-corrected chi connectivity index (χ3v) is 4.53. The van der Waals surface area contributed by atoms with Crippen molar-refractivity contribution in [2.24, 2.45) is 0 Å². The lowest BCUT2D eigenvalue weighted by atomic mass is 10.1. The van der Waals surface area contributed by atoms with Crippen molar-refractivity contribution in [1.29, 1.82) is 0 Å². The number of hydrogen-bond acceptors (Lipinski definition) is 6. The van der Waals surface area contributed by atoms with Gasteiger partial charge in [0.2, 0.25) is 0 Å². The number of carbonyl (C=O) groups is 1. The Bertz CT molecular complexity index is 1060. The Hall–Kier alpha value is -3.53. The third-order valence-electron chi connectivity index (χ3n) is 4.53. The first-order valence-corrected chi connectivity index (χ1v) is 9.31. The van der Waals surface area contributed by atoms with Crippen LogP contribution < -0.4 is 0 Å². The number of carbonyl (C=O) groups excluding carboxylic acids is 1. The summed E-state index contributed by atoms with van der Waals surface area (Å²) in [5.74, 6) is 5.72. The number of aliphatic hydroxyl groups excluding tert-OH is 1. The molecule has 1 aromatic carbocycles. The molecule has 3 aromatic rings. The number of hydrogen-bond donors (Lipinski definition) is 1. The minimum atomic E-state index is -0.457. The lowest BCUT2D eigenvalue weighted by Gasteiger charge is -2.14. The summed E-state index contributed by atoms with van der Waals surface area (Å²) in [4.78, 5) is 26.1.